The molecular formula is C22H38F2O2. The smallest absolute Gasteiger partial charge is 0.160 e. The zero-order valence-corrected chi connectivity index (χ0v) is 16.7. The van der Waals surface area contributed by atoms with Gasteiger partial charge in [0.2, 0.25) is 0 Å². The Bertz CT molecular complexity index is 403. The molecule has 0 aliphatic heterocycles. The lowest BCUT2D eigenvalue weighted by Crippen LogP contribution is -2.47. The Balaban J connectivity index is 1.36. The molecule has 0 N–H and O–H groups in total. The molecule has 26 heavy (non-hydrogen) atoms. The molecule has 0 aromatic carbocycles. The third-order valence-electron chi connectivity index (χ3n) is 7.30. The third kappa shape index (κ3) is 5.19. The summed E-state index contributed by atoms with van der Waals surface area (Å²) in [6.45, 7) is 5.25. The van der Waals surface area contributed by atoms with E-state index in [4.69, 9.17) is 9.47 Å². The van der Waals surface area contributed by atoms with Crippen molar-refractivity contribution >= 4 is 0 Å². The van der Waals surface area contributed by atoms with Crippen LogP contribution in [0.5, 0.6) is 0 Å². The highest BCUT2D eigenvalue weighted by atomic mass is 19.2. The number of hydrogen-bond donors (Lipinski definition) is 0. The fourth-order valence-corrected chi connectivity index (χ4v) is 5.46. The average Bonchev–Trinajstić information content (AvgIpc) is 2.66. The molecule has 0 radical (unpaired) electrons. The van der Waals surface area contributed by atoms with Gasteiger partial charge < -0.3 is 9.47 Å². The van der Waals surface area contributed by atoms with Crippen molar-refractivity contribution in [1.29, 1.82) is 0 Å². The van der Waals surface area contributed by atoms with Gasteiger partial charge in [0, 0.05) is 13.2 Å². The summed E-state index contributed by atoms with van der Waals surface area (Å²) in [4.78, 5) is 0. The van der Waals surface area contributed by atoms with E-state index in [1.165, 1.54) is 51.4 Å². The highest BCUT2D eigenvalue weighted by Gasteiger charge is 2.41. The molecule has 4 atom stereocenters. The van der Waals surface area contributed by atoms with Gasteiger partial charge >= 0.3 is 0 Å². The SMILES string of the molecule is CCOC1CCC(OCC2CCC(C3CCC(C)CC3)CC2)C(F)C1F. The fourth-order valence-electron chi connectivity index (χ4n) is 5.46. The maximum absolute atomic E-state index is 14.3. The predicted molar refractivity (Wildman–Crippen MR) is 101 cm³/mol. The van der Waals surface area contributed by atoms with Gasteiger partial charge in [0.15, 0.2) is 12.3 Å². The van der Waals surface area contributed by atoms with Gasteiger partial charge in [0.1, 0.15) is 0 Å². The van der Waals surface area contributed by atoms with E-state index in [0.717, 1.165) is 17.8 Å². The van der Waals surface area contributed by atoms with Crippen molar-refractivity contribution in [3.8, 4) is 0 Å². The summed E-state index contributed by atoms with van der Waals surface area (Å²) in [7, 11) is 0. The minimum atomic E-state index is -1.54. The zero-order chi connectivity index (χ0) is 18.5. The predicted octanol–water partition coefficient (Wildman–Crippen LogP) is 5.88. The van der Waals surface area contributed by atoms with Crippen LogP contribution in [0.25, 0.3) is 0 Å². The van der Waals surface area contributed by atoms with Crippen molar-refractivity contribution in [3.63, 3.8) is 0 Å². The van der Waals surface area contributed by atoms with Crippen LogP contribution in [0.15, 0.2) is 0 Å². The maximum Gasteiger partial charge on any atom is 0.160 e. The summed E-state index contributed by atoms with van der Waals surface area (Å²) in [6, 6.07) is 0. The molecule has 3 fully saturated rings. The maximum atomic E-state index is 14.3. The second kappa shape index (κ2) is 9.82. The first-order valence-electron chi connectivity index (χ1n) is 11.1. The Morgan fingerprint density at radius 1 is 0.692 bits per heavy atom. The molecule has 0 aromatic rings. The van der Waals surface area contributed by atoms with Crippen LogP contribution < -0.4 is 0 Å². The van der Waals surface area contributed by atoms with Crippen LogP contribution in [-0.4, -0.2) is 37.8 Å². The van der Waals surface area contributed by atoms with E-state index in [1.54, 1.807) is 0 Å². The summed E-state index contributed by atoms with van der Waals surface area (Å²) in [5, 5.41) is 0. The van der Waals surface area contributed by atoms with Gasteiger partial charge in [-0.15, -0.1) is 0 Å². The number of rotatable bonds is 6. The molecule has 2 nitrogen and oxygen atoms in total. The van der Waals surface area contributed by atoms with E-state index in [0.29, 0.717) is 32.0 Å². The average molecular weight is 373 g/mol. The van der Waals surface area contributed by atoms with E-state index in [1.807, 2.05) is 6.92 Å². The monoisotopic (exact) mass is 372 g/mol. The number of halogens is 2. The van der Waals surface area contributed by atoms with E-state index >= 15 is 0 Å². The lowest BCUT2D eigenvalue weighted by molar-refractivity contribution is -0.122. The van der Waals surface area contributed by atoms with Gasteiger partial charge in [-0.1, -0.05) is 19.8 Å². The van der Waals surface area contributed by atoms with Crippen LogP contribution in [0, 0.1) is 23.7 Å². The van der Waals surface area contributed by atoms with Crippen LogP contribution in [0.4, 0.5) is 8.78 Å². The Hall–Kier alpha value is -0.220. The van der Waals surface area contributed by atoms with Gasteiger partial charge in [0.05, 0.1) is 12.2 Å². The van der Waals surface area contributed by atoms with Crippen LogP contribution in [-0.2, 0) is 9.47 Å². The van der Waals surface area contributed by atoms with E-state index in [2.05, 4.69) is 6.92 Å². The largest absolute Gasteiger partial charge is 0.375 e. The Morgan fingerprint density at radius 3 is 1.73 bits per heavy atom. The normalized spacial score (nSPS) is 44.8. The summed E-state index contributed by atoms with van der Waals surface area (Å²) in [5.74, 6) is 3.28. The van der Waals surface area contributed by atoms with Gasteiger partial charge in [-0.25, -0.2) is 8.78 Å². The molecule has 3 rings (SSSR count). The Labute approximate surface area is 158 Å². The lowest BCUT2D eigenvalue weighted by atomic mass is 9.69. The molecule has 0 amide bonds. The lowest BCUT2D eigenvalue weighted by Gasteiger charge is -2.38. The number of hydrogen-bond acceptors (Lipinski definition) is 2. The third-order valence-corrected chi connectivity index (χ3v) is 7.30. The minimum absolute atomic E-state index is 0.437. The van der Waals surface area contributed by atoms with Crippen molar-refractivity contribution < 1.29 is 18.3 Å². The summed E-state index contributed by atoms with van der Waals surface area (Å²) in [6.07, 6.45) is 7.50. The molecule has 4 unspecified atom stereocenters. The molecule has 0 spiro atoms. The topological polar surface area (TPSA) is 18.5 Å². The van der Waals surface area contributed by atoms with Crippen molar-refractivity contribution in [2.75, 3.05) is 13.2 Å². The molecular weight excluding hydrogens is 334 g/mol. The van der Waals surface area contributed by atoms with Gasteiger partial charge in [-0.3, -0.25) is 0 Å². The van der Waals surface area contributed by atoms with Gasteiger partial charge in [0.25, 0.3) is 0 Å². The first-order chi connectivity index (χ1) is 12.6. The fraction of sp³-hybridized carbons (Fsp3) is 1.00. The van der Waals surface area contributed by atoms with Crippen LogP contribution in [0.3, 0.4) is 0 Å². The quantitative estimate of drug-likeness (QED) is 0.580. The van der Waals surface area contributed by atoms with Crippen LogP contribution in [0.2, 0.25) is 0 Å². The standard InChI is InChI=1S/C22H38F2O2/c1-3-25-19-12-13-20(22(24)21(19)23)26-14-16-6-10-18(11-7-16)17-8-4-15(2)5-9-17/h15-22H,3-14H2,1-2H3. The summed E-state index contributed by atoms with van der Waals surface area (Å²) in [5.41, 5.74) is 0. The highest BCUT2D eigenvalue weighted by molar-refractivity contribution is 4.90. The highest BCUT2D eigenvalue weighted by Crippen LogP contribution is 2.41. The molecule has 3 aliphatic rings. The van der Waals surface area contributed by atoms with Crippen molar-refractivity contribution in [2.24, 2.45) is 23.7 Å². The van der Waals surface area contributed by atoms with Gasteiger partial charge in [-0.2, -0.15) is 0 Å². The van der Waals surface area contributed by atoms with E-state index in [-0.39, 0.29) is 0 Å². The molecule has 0 bridgehead atoms. The molecule has 0 aromatic heterocycles. The zero-order valence-electron chi connectivity index (χ0n) is 16.7. The number of ether oxygens (including phenoxy) is 2. The van der Waals surface area contributed by atoms with Crippen molar-refractivity contribution in [3.05, 3.63) is 0 Å². The van der Waals surface area contributed by atoms with E-state index in [9.17, 15) is 8.78 Å². The summed E-state index contributed by atoms with van der Waals surface area (Å²) >= 11 is 0. The van der Waals surface area contributed by atoms with E-state index < -0.39 is 24.6 Å². The first-order valence-corrected chi connectivity index (χ1v) is 11.1. The second-order valence-electron chi connectivity index (χ2n) is 9.13. The molecule has 3 saturated carbocycles. The first kappa shape index (κ1) is 20.5. The van der Waals surface area contributed by atoms with Crippen molar-refractivity contribution in [1.82, 2.24) is 0 Å². The summed E-state index contributed by atoms with van der Waals surface area (Å²) < 4.78 is 39.6. The van der Waals surface area contributed by atoms with Crippen molar-refractivity contribution in [2.45, 2.75) is 103 Å². The molecule has 152 valence electrons. The molecule has 0 saturated heterocycles. The van der Waals surface area contributed by atoms with Crippen LogP contribution in [0.1, 0.15) is 78.1 Å². The van der Waals surface area contributed by atoms with Gasteiger partial charge in [-0.05, 0) is 82.0 Å². The second-order valence-corrected chi connectivity index (χ2v) is 9.13. The number of alkyl halides is 2. The molecule has 0 heterocycles. The Morgan fingerprint density at radius 2 is 1.19 bits per heavy atom. The molecule has 4 heteroatoms. The molecule has 3 aliphatic carbocycles. The minimum Gasteiger partial charge on any atom is -0.375 e. The Kier molecular flexibility index (Phi) is 7.75. The van der Waals surface area contributed by atoms with Crippen LogP contribution >= 0.6 is 0 Å².